The maximum atomic E-state index is 13.7. The number of hydrogen-bond acceptors (Lipinski definition) is 4. The number of urea groups is 1. The molecule has 0 spiro atoms. The fourth-order valence-electron chi connectivity index (χ4n) is 5.99. The number of amides is 2. The number of nitrogens with zero attached hydrogens (tertiary/aromatic N) is 1. The topological polar surface area (TPSA) is 95.9 Å². The Balaban J connectivity index is 1.36. The fraction of sp³-hybridized carbons (Fsp3) is 0.244. The van der Waals surface area contributed by atoms with E-state index in [1.807, 2.05) is 117 Å². The van der Waals surface area contributed by atoms with Gasteiger partial charge in [-0.3, -0.25) is 4.79 Å². The Morgan fingerprint density at radius 2 is 1.38 bits per heavy atom. The Hall–Kier alpha value is -5.43. The third-order valence-corrected chi connectivity index (χ3v) is 8.39. The molecule has 0 aliphatic carbocycles. The van der Waals surface area contributed by atoms with Crippen LogP contribution in [0.5, 0.6) is 0 Å². The van der Waals surface area contributed by atoms with Crippen LogP contribution in [-0.2, 0) is 27.4 Å². The molecule has 0 aliphatic heterocycles. The van der Waals surface area contributed by atoms with Gasteiger partial charge in [-0.25, -0.2) is 9.59 Å². The number of aliphatic carboxylic acids is 1. The summed E-state index contributed by atoms with van der Waals surface area (Å²) in [7, 11) is 0. The minimum atomic E-state index is -1.22. The largest absolute Gasteiger partial charge is 0.480 e. The van der Waals surface area contributed by atoms with Gasteiger partial charge in [-0.15, -0.1) is 0 Å². The summed E-state index contributed by atoms with van der Waals surface area (Å²) < 4.78 is 5.42. The molecule has 2 N–H and O–H groups in total. The predicted molar refractivity (Wildman–Crippen MR) is 189 cm³/mol. The zero-order valence-corrected chi connectivity index (χ0v) is 27.4. The molecule has 0 aromatic heterocycles. The summed E-state index contributed by atoms with van der Waals surface area (Å²) in [6.07, 6.45) is 0.398. The SMILES string of the molecule is CC(C)CN(CCC(=O)OCc1ccccc1)C(=O)N[C@H](C(=O)O)C(Cc1ccccc1)c1ccc(-c2cccc3ccccc23)cc1. The van der Waals surface area contributed by atoms with Crippen LogP contribution in [0.2, 0.25) is 0 Å². The molecule has 0 radical (unpaired) electrons. The zero-order valence-electron chi connectivity index (χ0n) is 27.4. The number of hydrogen-bond donors (Lipinski definition) is 2. The van der Waals surface area contributed by atoms with Gasteiger partial charge < -0.3 is 20.1 Å². The van der Waals surface area contributed by atoms with Gasteiger partial charge in [-0.1, -0.05) is 141 Å². The van der Waals surface area contributed by atoms with Crippen LogP contribution in [0.3, 0.4) is 0 Å². The van der Waals surface area contributed by atoms with Crippen LogP contribution in [-0.4, -0.2) is 47.1 Å². The number of carboxylic acid groups (broad SMARTS) is 1. The van der Waals surface area contributed by atoms with Crippen molar-refractivity contribution in [3.8, 4) is 11.1 Å². The molecular weight excluding hydrogens is 600 g/mol. The lowest BCUT2D eigenvalue weighted by Crippen LogP contribution is -2.52. The Kier molecular flexibility index (Phi) is 11.6. The highest BCUT2D eigenvalue weighted by atomic mass is 16.5. The number of esters is 1. The number of benzene rings is 5. The molecule has 2 amide bonds. The van der Waals surface area contributed by atoms with Crippen molar-refractivity contribution < 1.29 is 24.2 Å². The molecule has 7 nitrogen and oxygen atoms in total. The number of ether oxygens (including phenoxy) is 1. The molecule has 0 saturated carbocycles. The average Bonchev–Trinajstić information content (AvgIpc) is 3.11. The second-order valence-electron chi connectivity index (χ2n) is 12.4. The van der Waals surface area contributed by atoms with E-state index in [2.05, 4.69) is 29.6 Å². The third-order valence-electron chi connectivity index (χ3n) is 8.39. The van der Waals surface area contributed by atoms with Crippen LogP contribution in [0.4, 0.5) is 4.79 Å². The van der Waals surface area contributed by atoms with Crippen molar-refractivity contribution in [2.45, 2.75) is 45.3 Å². The maximum absolute atomic E-state index is 13.7. The van der Waals surface area contributed by atoms with Crippen molar-refractivity contribution in [1.29, 1.82) is 0 Å². The monoisotopic (exact) mass is 642 g/mol. The van der Waals surface area contributed by atoms with Crippen molar-refractivity contribution in [2.24, 2.45) is 5.92 Å². The summed E-state index contributed by atoms with van der Waals surface area (Å²) in [6.45, 7) is 4.55. The summed E-state index contributed by atoms with van der Waals surface area (Å²) in [5, 5.41) is 15.6. The maximum Gasteiger partial charge on any atom is 0.326 e. The normalized spacial score (nSPS) is 12.3. The van der Waals surface area contributed by atoms with Crippen LogP contribution >= 0.6 is 0 Å². The molecule has 5 rings (SSSR count). The van der Waals surface area contributed by atoms with Crippen molar-refractivity contribution in [3.05, 3.63) is 144 Å². The minimum Gasteiger partial charge on any atom is -0.480 e. The van der Waals surface area contributed by atoms with Crippen molar-refractivity contribution in [2.75, 3.05) is 13.1 Å². The van der Waals surface area contributed by atoms with E-state index in [1.165, 1.54) is 4.90 Å². The number of fused-ring (bicyclic) bond motifs is 1. The quantitative estimate of drug-likeness (QED) is 0.119. The highest BCUT2D eigenvalue weighted by Gasteiger charge is 2.33. The molecule has 0 bridgehead atoms. The molecule has 0 fully saturated rings. The van der Waals surface area contributed by atoms with E-state index in [0.717, 1.165) is 38.6 Å². The lowest BCUT2D eigenvalue weighted by molar-refractivity contribution is -0.145. The standard InChI is InChI=1S/C41H42N2O5/c1-29(2)27-43(25-24-38(44)48-28-31-14-7-4-8-15-31)41(47)42-39(40(45)46)37(26-30-12-5-3-6-13-30)34-22-20-33(21-23-34)36-19-11-17-32-16-9-10-18-35(32)36/h3-23,29,37,39H,24-28H2,1-2H3,(H,42,47)(H,45,46)/t37?,39-/m0/s1. The highest BCUT2D eigenvalue weighted by molar-refractivity contribution is 5.96. The molecule has 0 aliphatic rings. The first-order valence-corrected chi connectivity index (χ1v) is 16.4. The first-order chi connectivity index (χ1) is 23.3. The van der Waals surface area contributed by atoms with Crippen molar-refractivity contribution in [1.82, 2.24) is 10.2 Å². The van der Waals surface area contributed by atoms with E-state index in [4.69, 9.17) is 4.74 Å². The number of rotatable bonds is 14. The molecule has 2 atom stereocenters. The smallest absolute Gasteiger partial charge is 0.326 e. The summed E-state index contributed by atoms with van der Waals surface area (Å²) in [5.74, 6) is -2.02. The number of nitrogens with one attached hydrogen (secondary N) is 1. The average molecular weight is 643 g/mol. The van der Waals surface area contributed by atoms with Gasteiger partial charge >= 0.3 is 18.0 Å². The first-order valence-electron chi connectivity index (χ1n) is 16.4. The molecule has 7 heteroatoms. The Morgan fingerprint density at radius 3 is 2.04 bits per heavy atom. The molecule has 246 valence electrons. The zero-order chi connectivity index (χ0) is 33.9. The minimum absolute atomic E-state index is 0.00616. The van der Waals surface area contributed by atoms with E-state index >= 15 is 0 Å². The second kappa shape index (κ2) is 16.4. The van der Waals surface area contributed by atoms with Crippen molar-refractivity contribution >= 4 is 28.7 Å². The highest BCUT2D eigenvalue weighted by Crippen LogP contribution is 2.32. The van der Waals surface area contributed by atoms with Gasteiger partial charge in [0.1, 0.15) is 12.6 Å². The predicted octanol–water partition coefficient (Wildman–Crippen LogP) is 8.09. The van der Waals surface area contributed by atoms with Gasteiger partial charge in [-0.05, 0) is 50.9 Å². The van der Waals surface area contributed by atoms with E-state index in [0.29, 0.717) is 13.0 Å². The number of carbonyl (C=O) groups excluding carboxylic acids is 2. The van der Waals surface area contributed by atoms with Crippen LogP contribution < -0.4 is 5.32 Å². The lowest BCUT2D eigenvalue weighted by atomic mass is 9.85. The molecular formula is C41H42N2O5. The molecule has 0 saturated heterocycles. The van der Waals surface area contributed by atoms with Crippen LogP contribution in [0.25, 0.3) is 21.9 Å². The summed E-state index contributed by atoms with van der Waals surface area (Å²) in [5.41, 5.74) is 4.75. The Labute approximate surface area is 282 Å². The lowest BCUT2D eigenvalue weighted by Gasteiger charge is -2.30. The third kappa shape index (κ3) is 9.10. The van der Waals surface area contributed by atoms with Crippen LogP contribution in [0.15, 0.2) is 127 Å². The van der Waals surface area contributed by atoms with Crippen LogP contribution in [0.1, 0.15) is 42.9 Å². The van der Waals surface area contributed by atoms with Crippen LogP contribution in [0, 0.1) is 5.92 Å². The van der Waals surface area contributed by atoms with Gasteiger partial charge in [0, 0.05) is 19.0 Å². The number of carbonyl (C=O) groups is 3. The van der Waals surface area contributed by atoms with E-state index in [9.17, 15) is 19.5 Å². The fourth-order valence-corrected chi connectivity index (χ4v) is 5.99. The second-order valence-corrected chi connectivity index (χ2v) is 12.4. The molecule has 48 heavy (non-hydrogen) atoms. The van der Waals surface area contributed by atoms with E-state index in [1.54, 1.807) is 0 Å². The van der Waals surface area contributed by atoms with E-state index < -0.39 is 29.9 Å². The molecule has 5 aromatic rings. The van der Waals surface area contributed by atoms with E-state index in [-0.39, 0.29) is 25.5 Å². The first kappa shape index (κ1) is 33.9. The Bertz CT molecular complexity index is 1800. The van der Waals surface area contributed by atoms with Gasteiger partial charge in [0.15, 0.2) is 0 Å². The molecule has 1 unspecified atom stereocenters. The van der Waals surface area contributed by atoms with Gasteiger partial charge in [0.05, 0.1) is 6.42 Å². The van der Waals surface area contributed by atoms with Gasteiger partial charge in [-0.2, -0.15) is 0 Å². The van der Waals surface area contributed by atoms with Gasteiger partial charge in [0.2, 0.25) is 0 Å². The summed E-state index contributed by atoms with van der Waals surface area (Å²) >= 11 is 0. The molecule has 5 aromatic carbocycles. The summed E-state index contributed by atoms with van der Waals surface area (Å²) in [6, 6.07) is 39.7. The number of carboxylic acids is 1. The van der Waals surface area contributed by atoms with Crippen molar-refractivity contribution in [3.63, 3.8) is 0 Å². The Morgan fingerprint density at radius 1 is 0.750 bits per heavy atom. The summed E-state index contributed by atoms with van der Waals surface area (Å²) in [4.78, 5) is 40.7. The molecule has 0 heterocycles. The van der Waals surface area contributed by atoms with Gasteiger partial charge in [0.25, 0.3) is 0 Å².